The molecule has 2 rings (SSSR count). The highest BCUT2D eigenvalue weighted by Crippen LogP contribution is 2.28. The largest absolute Gasteiger partial charge is 0.392 e. The van der Waals surface area contributed by atoms with Crippen LogP contribution in [0.3, 0.4) is 0 Å². The lowest BCUT2D eigenvalue weighted by atomic mass is 10.1. The van der Waals surface area contributed by atoms with Crippen LogP contribution in [-0.4, -0.2) is 17.4 Å². The van der Waals surface area contributed by atoms with E-state index in [-0.39, 0.29) is 0 Å². The lowest BCUT2D eigenvalue weighted by Gasteiger charge is -2.12. The van der Waals surface area contributed by atoms with Crippen molar-refractivity contribution in [3.05, 3.63) is 33.6 Å². The van der Waals surface area contributed by atoms with Crippen molar-refractivity contribution in [3.8, 4) is 0 Å². The summed E-state index contributed by atoms with van der Waals surface area (Å²) >= 11 is 0. The maximum absolute atomic E-state index is 13.7. The van der Waals surface area contributed by atoms with Crippen molar-refractivity contribution < 1.29 is 14.1 Å². The minimum absolute atomic E-state index is 0.391. The number of halogens is 1. The van der Waals surface area contributed by atoms with Gasteiger partial charge in [0.25, 0.3) is 11.6 Å². The van der Waals surface area contributed by atoms with Gasteiger partial charge in [0.15, 0.2) is 0 Å². The molecular weight excluding hydrogens is 265 g/mol. The molecule has 0 spiro atoms. The van der Waals surface area contributed by atoms with E-state index < -0.39 is 33.6 Å². The molecule has 6 nitrogen and oxygen atoms in total. The van der Waals surface area contributed by atoms with Crippen LogP contribution in [-0.2, 0) is 0 Å². The first-order valence-corrected chi connectivity index (χ1v) is 6.51. The molecule has 0 saturated heterocycles. The van der Waals surface area contributed by atoms with Gasteiger partial charge in [-0.1, -0.05) is 12.8 Å². The summed E-state index contributed by atoms with van der Waals surface area (Å²) in [6, 6.07) is 1.84. The van der Waals surface area contributed by atoms with Gasteiger partial charge >= 0.3 is 0 Å². The Morgan fingerprint density at radius 2 is 2.10 bits per heavy atom. The van der Waals surface area contributed by atoms with Crippen LogP contribution >= 0.6 is 0 Å². The molecule has 0 atom stereocenters. The van der Waals surface area contributed by atoms with Crippen molar-refractivity contribution in [3.63, 3.8) is 0 Å². The van der Waals surface area contributed by atoms with Gasteiger partial charge in [0.1, 0.15) is 17.1 Å². The van der Waals surface area contributed by atoms with E-state index in [9.17, 15) is 19.3 Å². The Kier molecular flexibility index (Phi) is 4.16. The molecule has 0 radical (unpaired) electrons. The summed E-state index contributed by atoms with van der Waals surface area (Å²) in [6.07, 6.45) is 4.34. The Morgan fingerprint density at radius 3 is 2.70 bits per heavy atom. The molecule has 1 aromatic carbocycles. The Balaban J connectivity index is 2.15. The first kappa shape index (κ1) is 14.2. The number of nitrogens with zero attached hydrogens (tertiary/aromatic N) is 1. The van der Waals surface area contributed by atoms with Gasteiger partial charge in [0.2, 0.25) is 0 Å². The number of rotatable bonds is 4. The van der Waals surface area contributed by atoms with E-state index in [0.29, 0.717) is 12.5 Å². The summed E-state index contributed by atoms with van der Waals surface area (Å²) in [5.41, 5.74) is 4.19. The van der Waals surface area contributed by atoms with Crippen LogP contribution < -0.4 is 11.1 Å². The molecule has 3 N–H and O–H groups in total. The Labute approximate surface area is 115 Å². The molecule has 1 fully saturated rings. The molecule has 1 aliphatic rings. The van der Waals surface area contributed by atoms with E-state index in [1.165, 1.54) is 0 Å². The van der Waals surface area contributed by atoms with Gasteiger partial charge in [-0.05, 0) is 24.8 Å². The monoisotopic (exact) mass is 281 g/mol. The lowest BCUT2D eigenvalue weighted by Crippen LogP contribution is -2.30. The number of anilines is 1. The van der Waals surface area contributed by atoms with Crippen molar-refractivity contribution in [2.45, 2.75) is 25.7 Å². The van der Waals surface area contributed by atoms with Crippen molar-refractivity contribution >= 4 is 17.3 Å². The number of amides is 1. The normalized spacial score (nSPS) is 15.2. The Morgan fingerprint density at radius 1 is 1.45 bits per heavy atom. The predicted octanol–water partition coefficient (Wildman–Crippen LogP) is 2.24. The summed E-state index contributed by atoms with van der Waals surface area (Å²) in [5, 5.41) is 13.4. The number of carbonyl (C=O) groups excluding carboxylic acids is 1. The maximum Gasteiger partial charge on any atom is 0.293 e. The van der Waals surface area contributed by atoms with Crippen LogP contribution in [0.2, 0.25) is 0 Å². The van der Waals surface area contributed by atoms with Gasteiger partial charge in [-0.3, -0.25) is 14.9 Å². The average molecular weight is 281 g/mol. The number of nitrogens with one attached hydrogen (secondary N) is 1. The highest BCUT2D eigenvalue weighted by atomic mass is 19.1. The minimum Gasteiger partial charge on any atom is -0.392 e. The van der Waals surface area contributed by atoms with Gasteiger partial charge in [0.05, 0.1) is 4.92 Å². The molecule has 0 aromatic heterocycles. The van der Waals surface area contributed by atoms with Crippen LogP contribution in [0.15, 0.2) is 12.1 Å². The third-order valence-corrected chi connectivity index (χ3v) is 3.62. The number of hydrogen-bond acceptors (Lipinski definition) is 4. The van der Waals surface area contributed by atoms with Gasteiger partial charge in [-0.25, -0.2) is 4.39 Å². The fourth-order valence-electron chi connectivity index (χ4n) is 2.51. The number of nitrogen functional groups attached to an aromatic ring is 1. The third-order valence-electron chi connectivity index (χ3n) is 3.62. The third kappa shape index (κ3) is 2.87. The first-order valence-electron chi connectivity index (χ1n) is 6.51. The second-order valence-corrected chi connectivity index (χ2v) is 4.97. The van der Waals surface area contributed by atoms with Gasteiger partial charge in [0, 0.05) is 12.6 Å². The van der Waals surface area contributed by atoms with E-state index in [1.807, 2.05) is 0 Å². The highest BCUT2D eigenvalue weighted by Gasteiger charge is 2.24. The number of carbonyl (C=O) groups is 1. The zero-order chi connectivity index (χ0) is 14.7. The van der Waals surface area contributed by atoms with Crippen molar-refractivity contribution in [2.75, 3.05) is 12.3 Å². The SMILES string of the molecule is Nc1c([N+](=O)[O-])ccc(F)c1C(=O)NCC1CCCC1. The zero-order valence-corrected chi connectivity index (χ0v) is 10.9. The van der Waals surface area contributed by atoms with Crippen LogP contribution in [0.1, 0.15) is 36.0 Å². The summed E-state index contributed by atoms with van der Waals surface area (Å²) in [5.74, 6) is -1.16. The van der Waals surface area contributed by atoms with E-state index in [1.54, 1.807) is 0 Å². The molecule has 1 aliphatic carbocycles. The highest BCUT2D eigenvalue weighted by molar-refractivity contribution is 6.01. The standard InChI is InChI=1S/C13H16FN3O3/c14-9-5-6-10(17(19)20)12(15)11(9)13(18)16-7-8-3-1-2-4-8/h5-6,8H,1-4,7,15H2,(H,16,18). The molecule has 108 valence electrons. The summed E-state index contributed by atoms with van der Waals surface area (Å²) in [7, 11) is 0. The number of nitrogens with two attached hydrogens (primary N) is 1. The number of hydrogen-bond donors (Lipinski definition) is 2. The fraction of sp³-hybridized carbons (Fsp3) is 0.462. The van der Waals surface area contributed by atoms with E-state index in [2.05, 4.69) is 5.32 Å². The molecule has 0 bridgehead atoms. The predicted molar refractivity (Wildman–Crippen MR) is 71.8 cm³/mol. The molecular formula is C13H16FN3O3. The second-order valence-electron chi connectivity index (χ2n) is 4.97. The molecule has 0 unspecified atom stereocenters. The molecule has 7 heteroatoms. The number of nitro groups is 1. The number of nitro benzene ring substituents is 1. The summed E-state index contributed by atoms with van der Waals surface area (Å²) in [6.45, 7) is 0.445. The van der Waals surface area contributed by atoms with E-state index >= 15 is 0 Å². The zero-order valence-electron chi connectivity index (χ0n) is 10.9. The fourth-order valence-corrected chi connectivity index (χ4v) is 2.51. The van der Waals surface area contributed by atoms with Crippen LogP contribution in [0.4, 0.5) is 15.8 Å². The van der Waals surface area contributed by atoms with Crippen molar-refractivity contribution in [2.24, 2.45) is 5.92 Å². The van der Waals surface area contributed by atoms with E-state index in [0.717, 1.165) is 37.8 Å². The summed E-state index contributed by atoms with van der Waals surface area (Å²) in [4.78, 5) is 22.0. The van der Waals surface area contributed by atoms with Crippen LogP contribution in [0.5, 0.6) is 0 Å². The Hall–Kier alpha value is -2.18. The second kappa shape index (κ2) is 5.85. The summed E-state index contributed by atoms with van der Waals surface area (Å²) < 4.78 is 13.7. The minimum atomic E-state index is -0.850. The lowest BCUT2D eigenvalue weighted by molar-refractivity contribution is -0.384. The molecule has 0 heterocycles. The quantitative estimate of drug-likeness (QED) is 0.502. The molecule has 20 heavy (non-hydrogen) atoms. The van der Waals surface area contributed by atoms with Gasteiger partial charge in [-0.15, -0.1) is 0 Å². The molecule has 1 amide bonds. The van der Waals surface area contributed by atoms with Crippen LogP contribution in [0, 0.1) is 21.8 Å². The van der Waals surface area contributed by atoms with Gasteiger partial charge in [-0.2, -0.15) is 0 Å². The molecule has 0 aliphatic heterocycles. The van der Waals surface area contributed by atoms with E-state index in [4.69, 9.17) is 5.73 Å². The smallest absolute Gasteiger partial charge is 0.293 e. The average Bonchev–Trinajstić information content (AvgIpc) is 2.89. The van der Waals surface area contributed by atoms with Gasteiger partial charge < -0.3 is 11.1 Å². The maximum atomic E-state index is 13.7. The van der Waals surface area contributed by atoms with Crippen molar-refractivity contribution in [1.29, 1.82) is 0 Å². The topological polar surface area (TPSA) is 98.3 Å². The Bertz CT molecular complexity index is 542. The molecule has 1 aromatic rings. The first-order chi connectivity index (χ1) is 9.50. The van der Waals surface area contributed by atoms with Crippen molar-refractivity contribution in [1.82, 2.24) is 5.32 Å². The number of benzene rings is 1. The molecule has 1 saturated carbocycles. The van der Waals surface area contributed by atoms with Crippen LogP contribution in [0.25, 0.3) is 0 Å².